The molecule has 0 bridgehead atoms. The van der Waals surface area contributed by atoms with Gasteiger partial charge in [0.1, 0.15) is 0 Å². The maximum absolute atomic E-state index is 9.32. The molecule has 2 aromatic rings. The van der Waals surface area contributed by atoms with E-state index in [2.05, 4.69) is 6.07 Å². The maximum Gasteiger partial charge on any atom is 0.0767 e. The van der Waals surface area contributed by atoms with Crippen LogP contribution < -0.4 is 0 Å². The molecule has 96 valence electrons. The fourth-order valence-electron chi connectivity index (χ4n) is 1.87. The Bertz CT molecular complexity index is 614. The summed E-state index contributed by atoms with van der Waals surface area (Å²) in [5.74, 6) is -0.300. The summed E-state index contributed by atoms with van der Waals surface area (Å²) in [4.78, 5) is 0. The van der Waals surface area contributed by atoms with Crippen molar-refractivity contribution in [3.8, 4) is 6.07 Å². The smallest absolute Gasteiger partial charge is 0.0767 e. The van der Waals surface area contributed by atoms with Crippen LogP contribution in [0.1, 0.15) is 17.0 Å². The molecule has 19 heavy (non-hydrogen) atoms. The van der Waals surface area contributed by atoms with Crippen LogP contribution in [0, 0.1) is 11.3 Å². The molecule has 0 heterocycles. The lowest BCUT2D eigenvalue weighted by atomic mass is 9.93. The predicted molar refractivity (Wildman–Crippen MR) is 80.0 cm³/mol. The van der Waals surface area contributed by atoms with E-state index in [9.17, 15) is 5.26 Å². The van der Waals surface area contributed by atoms with E-state index in [-0.39, 0.29) is 5.92 Å². The summed E-state index contributed by atoms with van der Waals surface area (Å²) in [6, 6.07) is 14.9. The standard InChI is InChI=1S/C15H10Cl3N/c16-12-3-1-10(2-4-12)7-11(9-19)14-6-5-13(17)8-15(14)18/h1-6,8,11H,7H2/t11-/m1/s1. The number of benzene rings is 2. The van der Waals surface area contributed by atoms with E-state index in [0.29, 0.717) is 21.5 Å². The minimum absolute atomic E-state index is 0.300. The van der Waals surface area contributed by atoms with Crippen LogP contribution in [0.2, 0.25) is 15.1 Å². The largest absolute Gasteiger partial charge is 0.198 e. The van der Waals surface area contributed by atoms with E-state index in [1.165, 1.54) is 0 Å². The SMILES string of the molecule is N#C[C@@H](Cc1ccc(Cl)cc1)c1ccc(Cl)cc1Cl. The van der Waals surface area contributed by atoms with E-state index in [1.807, 2.05) is 24.3 Å². The van der Waals surface area contributed by atoms with Gasteiger partial charge in [0, 0.05) is 15.1 Å². The van der Waals surface area contributed by atoms with Gasteiger partial charge >= 0.3 is 0 Å². The summed E-state index contributed by atoms with van der Waals surface area (Å²) in [5.41, 5.74) is 1.84. The van der Waals surface area contributed by atoms with Crippen LogP contribution in [0.25, 0.3) is 0 Å². The minimum Gasteiger partial charge on any atom is -0.198 e. The van der Waals surface area contributed by atoms with Crippen LogP contribution >= 0.6 is 34.8 Å². The highest BCUT2D eigenvalue weighted by atomic mass is 35.5. The summed E-state index contributed by atoms with van der Waals surface area (Å²) in [5, 5.41) is 11.1. The molecule has 0 saturated carbocycles. The van der Waals surface area contributed by atoms with Crippen molar-refractivity contribution in [3.05, 3.63) is 68.7 Å². The molecule has 0 unspecified atom stereocenters. The van der Waals surface area contributed by atoms with E-state index in [0.717, 1.165) is 11.1 Å². The van der Waals surface area contributed by atoms with Crippen molar-refractivity contribution in [2.75, 3.05) is 0 Å². The fraction of sp³-hybridized carbons (Fsp3) is 0.133. The Balaban J connectivity index is 2.25. The molecule has 0 N–H and O–H groups in total. The first-order valence-corrected chi connectivity index (χ1v) is 6.82. The molecular weight excluding hydrogens is 301 g/mol. The first-order chi connectivity index (χ1) is 9.10. The molecule has 0 amide bonds. The van der Waals surface area contributed by atoms with Crippen LogP contribution in [-0.4, -0.2) is 0 Å². The number of nitriles is 1. The highest BCUT2D eigenvalue weighted by Crippen LogP contribution is 2.29. The Morgan fingerprint density at radius 2 is 1.58 bits per heavy atom. The molecule has 4 heteroatoms. The lowest BCUT2D eigenvalue weighted by Crippen LogP contribution is -2.01. The number of halogens is 3. The second-order valence-electron chi connectivity index (χ2n) is 4.18. The van der Waals surface area contributed by atoms with E-state index in [1.54, 1.807) is 18.2 Å². The van der Waals surface area contributed by atoms with Crippen LogP contribution in [0.3, 0.4) is 0 Å². The van der Waals surface area contributed by atoms with Crippen molar-refractivity contribution in [1.29, 1.82) is 5.26 Å². The van der Waals surface area contributed by atoms with Gasteiger partial charge < -0.3 is 0 Å². The Kier molecular flexibility index (Phi) is 4.71. The summed E-state index contributed by atoms with van der Waals surface area (Å²) in [7, 11) is 0. The molecule has 0 aliphatic rings. The van der Waals surface area contributed by atoms with E-state index < -0.39 is 0 Å². The van der Waals surface area contributed by atoms with Crippen molar-refractivity contribution >= 4 is 34.8 Å². The molecule has 0 aliphatic heterocycles. The van der Waals surface area contributed by atoms with Gasteiger partial charge in [-0.1, -0.05) is 53.0 Å². The Morgan fingerprint density at radius 1 is 0.947 bits per heavy atom. The molecule has 0 radical (unpaired) electrons. The molecule has 2 aromatic carbocycles. The van der Waals surface area contributed by atoms with Crippen LogP contribution in [0.15, 0.2) is 42.5 Å². The number of nitrogens with zero attached hydrogens (tertiary/aromatic N) is 1. The normalized spacial score (nSPS) is 11.9. The lowest BCUT2D eigenvalue weighted by Gasteiger charge is -2.11. The monoisotopic (exact) mass is 309 g/mol. The number of hydrogen-bond donors (Lipinski definition) is 0. The van der Waals surface area contributed by atoms with Gasteiger partial charge in [-0.25, -0.2) is 0 Å². The summed E-state index contributed by atoms with van der Waals surface area (Å²) < 4.78 is 0. The highest BCUT2D eigenvalue weighted by Gasteiger charge is 2.15. The molecule has 1 atom stereocenters. The van der Waals surface area contributed by atoms with Crippen LogP contribution in [0.4, 0.5) is 0 Å². The predicted octanol–water partition coefficient (Wildman–Crippen LogP) is 5.50. The molecule has 0 fully saturated rings. The van der Waals surface area contributed by atoms with Gasteiger partial charge in [-0.2, -0.15) is 5.26 Å². The Labute approximate surface area is 127 Å². The number of rotatable bonds is 3. The molecule has 0 saturated heterocycles. The first-order valence-electron chi connectivity index (χ1n) is 5.69. The second-order valence-corrected chi connectivity index (χ2v) is 5.46. The topological polar surface area (TPSA) is 23.8 Å². The average Bonchev–Trinajstić information content (AvgIpc) is 2.39. The van der Waals surface area contributed by atoms with Crippen molar-refractivity contribution < 1.29 is 0 Å². The molecule has 0 aliphatic carbocycles. The molecular formula is C15H10Cl3N. The maximum atomic E-state index is 9.32. The first kappa shape index (κ1) is 14.2. The van der Waals surface area contributed by atoms with Crippen molar-refractivity contribution in [3.63, 3.8) is 0 Å². The molecule has 2 rings (SSSR count). The minimum atomic E-state index is -0.300. The zero-order valence-electron chi connectivity index (χ0n) is 9.91. The van der Waals surface area contributed by atoms with Gasteiger partial charge in [0.25, 0.3) is 0 Å². The van der Waals surface area contributed by atoms with Gasteiger partial charge in [-0.05, 0) is 41.8 Å². The molecule has 0 aromatic heterocycles. The highest BCUT2D eigenvalue weighted by molar-refractivity contribution is 6.35. The van der Waals surface area contributed by atoms with E-state index in [4.69, 9.17) is 34.8 Å². The van der Waals surface area contributed by atoms with Gasteiger partial charge in [0.2, 0.25) is 0 Å². The number of hydrogen-bond acceptors (Lipinski definition) is 1. The van der Waals surface area contributed by atoms with Gasteiger partial charge in [-0.15, -0.1) is 0 Å². The zero-order valence-corrected chi connectivity index (χ0v) is 12.2. The quantitative estimate of drug-likeness (QED) is 0.734. The van der Waals surface area contributed by atoms with Crippen LogP contribution in [0.5, 0.6) is 0 Å². The van der Waals surface area contributed by atoms with Crippen molar-refractivity contribution in [2.45, 2.75) is 12.3 Å². The molecule has 0 spiro atoms. The Morgan fingerprint density at radius 3 is 2.16 bits per heavy atom. The second kappa shape index (κ2) is 6.30. The van der Waals surface area contributed by atoms with Crippen molar-refractivity contribution in [2.24, 2.45) is 0 Å². The Hall–Kier alpha value is -1.20. The third kappa shape index (κ3) is 3.64. The van der Waals surface area contributed by atoms with Crippen molar-refractivity contribution in [1.82, 2.24) is 0 Å². The van der Waals surface area contributed by atoms with E-state index >= 15 is 0 Å². The van der Waals surface area contributed by atoms with Gasteiger partial charge in [0.15, 0.2) is 0 Å². The van der Waals surface area contributed by atoms with Gasteiger partial charge in [0.05, 0.1) is 12.0 Å². The summed E-state index contributed by atoms with van der Waals surface area (Å²) in [6.45, 7) is 0. The van der Waals surface area contributed by atoms with Crippen LogP contribution in [-0.2, 0) is 6.42 Å². The average molecular weight is 311 g/mol. The fourth-order valence-corrected chi connectivity index (χ4v) is 2.53. The summed E-state index contributed by atoms with van der Waals surface area (Å²) >= 11 is 17.8. The molecule has 1 nitrogen and oxygen atoms in total. The third-order valence-electron chi connectivity index (χ3n) is 2.85. The van der Waals surface area contributed by atoms with Gasteiger partial charge in [-0.3, -0.25) is 0 Å². The lowest BCUT2D eigenvalue weighted by molar-refractivity contribution is 0.849. The third-order valence-corrected chi connectivity index (χ3v) is 3.66. The zero-order chi connectivity index (χ0) is 13.8. The summed E-state index contributed by atoms with van der Waals surface area (Å²) in [6.07, 6.45) is 0.592.